The van der Waals surface area contributed by atoms with E-state index in [1.807, 2.05) is 0 Å². The third-order valence-corrected chi connectivity index (χ3v) is 7.77. The molecule has 0 saturated heterocycles. The van der Waals surface area contributed by atoms with E-state index in [9.17, 15) is 16.8 Å². The van der Waals surface area contributed by atoms with Crippen LogP contribution in [0.5, 0.6) is 11.5 Å². The van der Waals surface area contributed by atoms with Gasteiger partial charge in [-0.3, -0.25) is 9.44 Å². The Morgan fingerprint density at radius 3 is 1.22 bits per heavy atom. The Kier molecular flexibility index (Phi) is 7.09. The van der Waals surface area contributed by atoms with Crippen molar-refractivity contribution in [1.29, 1.82) is 0 Å². The topological polar surface area (TPSA) is 111 Å². The van der Waals surface area contributed by atoms with Crippen molar-refractivity contribution in [1.82, 2.24) is 0 Å². The molecule has 0 unspecified atom stereocenters. The number of hydrogen-bond acceptors (Lipinski definition) is 6. The van der Waals surface area contributed by atoms with Gasteiger partial charge in [-0.25, -0.2) is 16.8 Å². The fourth-order valence-corrected chi connectivity index (χ4v) is 5.10. The van der Waals surface area contributed by atoms with E-state index in [1.54, 1.807) is 0 Å². The van der Waals surface area contributed by atoms with Crippen molar-refractivity contribution in [3.05, 3.63) is 70.7 Å². The summed E-state index contributed by atoms with van der Waals surface area (Å²) in [5, 5.41) is 0.0676. The van der Waals surface area contributed by atoms with Crippen molar-refractivity contribution in [3.8, 4) is 11.5 Å². The molecule has 0 fully saturated rings. The summed E-state index contributed by atoms with van der Waals surface area (Å²) < 4.78 is 66.1. The van der Waals surface area contributed by atoms with Crippen LogP contribution in [0.1, 0.15) is 0 Å². The highest BCUT2D eigenvalue weighted by atomic mass is 35.5. The van der Waals surface area contributed by atoms with Crippen molar-refractivity contribution in [2.75, 3.05) is 23.7 Å². The van der Waals surface area contributed by atoms with Gasteiger partial charge in [0.1, 0.15) is 11.5 Å². The number of sulfonamides is 2. The van der Waals surface area contributed by atoms with Crippen LogP contribution in [-0.4, -0.2) is 31.1 Å². The van der Waals surface area contributed by atoms with Gasteiger partial charge in [0.05, 0.1) is 45.4 Å². The van der Waals surface area contributed by atoms with Gasteiger partial charge in [-0.1, -0.05) is 23.2 Å². The summed E-state index contributed by atoms with van der Waals surface area (Å²) in [5.41, 5.74) is -0.209. The van der Waals surface area contributed by atoms with Crippen molar-refractivity contribution in [2.24, 2.45) is 0 Å². The normalized spacial score (nSPS) is 11.6. The molecule has 2 N–H and O–H groups in total. The fourth-order valence-electron chi connectivity index (χ4n) is 2.63. The minimum Gasteiger partial charge on any atom is -0.497 e. The highest BCUT2D eigenvalue weighted by molar-refractivity contribution is 7.93. The first kappa shape index (κ1) is 24.0. The van der Waals surface area contributed by atoms with E-state index >= 15 is 0 Å². The van der Waals surface area contributed by atoms with Crippen molar-refractivity contribution in [2.45, 2.75) is 9.79 Å². The Balaban J connectivity index is 1.97. The van der Waals surface area contributed by atoms with Crippen LogP contribution in [0.2, 0.25) is 10.0 Å². The number of rotatable bonds is 8. The molecule has 0 saturated carbocycles. The summed E-state index contributed by atoms with van der Waals surface area (Å²) in [5.74, 6) is 0.956. The van der Waals surface area contributed by atoms with Crippen molar-refractivity contribution >= 4 is 54.6 Å². The summed E-state index contributed by atoms with van der Waals surface area (Å²) in [7, 11) is -5.24. The molecule has 8 nitrogen and oxygen atoms in total. The SMILES string of the molecule is COc1ccc(S(=O)(=O)Nc2cc(Cl)c(Cl)cc2NS(=O)(=O)c2ccc(OC)cc2)cc1. The molecular weight excluding hydrogens is 499 g/mol. The zero-order chi connectivity index (χ0) is 23.5. The van der Waals surface area contributed by atoms with Crippen molar-refractivity contribution in [3.63, 3.8) is 0 Å². The Bertz CT molecular complexity index is 1220. The summed E-state index contributed by atoms with van der Waals surface area (Å²) in [4.78, 5) is -0.123. The third kappa shape index (κ3) is 5.39. The van der Waals surface area contributed by atoms with Crippen LogP contribution in [-0.2, 0) is 20.0 Å². The number of benzene rings is 3. The van der Waals surface area contributed by atoms with E-state index in [-0.39, 0.29) is 31.2 Å². The molecule has 0 aliphatic rings. The maximum atomic E-state index is 12.8. The minimum absolute atomic E-state index is 0.0338. The fraction of sp³-hybridized carbons (Fsp3) is 0.100. The molecule has 3 rings (SSSR count). The Morgan fingerprint density at radius 2 is 0.938 bits per heavy atom. The number of hydrogen-bond donors (Lipinski definition) is 2. The van der Waals surface area contributed by atoms with E-state index < -0.39 is 20.0 Å². The molecular formula is C20H18Cl2N2O6S2. The second kappa shape index (κ2) is 9.45. The largest absolute Gasteiger partial charge is 0.497 e. The lowest BCUT2D eigenvalue weighted by atomic mass is 10.3. The average Bonchev–Trinajstić information content (AvgIpc) is 2.77. The lowest BCUT2D eigenvalue weighted by molar-refractivity contribution is 0.414. The molecule has 0 aliphatic heterocycles. The summed E-state index contributed by atoms with van der Waals surface area (Å²) in [6, 6.07) is 13.8. The molecule has 0 bridgehead atoms. The monoisotopic (exact) mass is 516 g/mol. The van der Waals surface area contributed by atoms with E-state index in [1.165, 1.54) is 74.9 Å². The lowest BCUT2D eigenvalue weighted by Gasteiger charge is -2.16. The average molecular weight is 517 g/mol. The first-order chi connectivity index (χ1) is 15.1. The van der Waals surface area contributed by atoms with Crippen molar-refractivity contribution < 1.29 is 26.3 Å². The number of ether oxygens (including phenoxy) is 2. The van der Waals surface area contributed by atoms with E-state index in [0.717, 1.165) is 0 Å². The zero-order valence-electron chi connectivity index (χ0n) is 16.8. The molecule has 0 amide bonds. The molecule has 3 aromatic rings. The second-order valence-corrected chi connectivity index (χ2v) is 10.6. The molecule has 12 heteroatoms. The number of methoxy groups -OCH3 is 2. The van der Waals surface area contributed by atoms with E-state index in [2.05, 4.69) is 9.44 Å². The maximum absolute atomic E-state index is 12.8. The molecule has 0 aromatic heterocycles. The molecule has 32 heavy (non-hydrogen) atoms. The van der Waals surface area contributed by atoms with Gasteiger partial charge in [0.15, 0.2) is 0 Å². The highest BCUT2D eigenvalue weighted by Crippen LogP contribution is 2.35. The van der Waals surface area contributed by atoms with Crippen LogP contribution in [0, 0.1) is 0 Å². The zero-order valence-corrected chi connectivity index (χ0v) is 19.9. The minimum atomic E-state index is -4.08. The van der Waals surface area contributed by atoms with Crippen LogP contribution in [0.4, 0.5) is 11.4 Å². The second-order valence-electron chi connectivity index (χ2n) is 6.37. The number of anilines is 2. The third-order valence-electron chi connectivity index (χ3n) is 4.29. The van der Waals surface area contributed by atoms with Gasteiger partial charge in [-0.15, -0.1) is 0 Å². The van der Waals surface area contributed by atoms with Gasteiger partial charge in [-0.05, 0) is 60.7 Å². The lowest BCUT2D eigenvalue weighted by Crippen LogP contribution is -2.17. The summed E-state index contributed by atoms with van der Waals surface area (Å²) in [6.45, 7) is 0. The standard InChI is InChI=1S/C20H18Cl2N2O6S2/c1-29-13-3-7-15(8-4-13)31(25,26)23-19-11-17(21)18(22)12-20(19)24-32(27,28)16-9-5-14(30-2)6-10-16/h3-12,23-24H,1-2H3. The summed E-state index contributed by atoms with van der Waals surface area (Å²) in [6.07, 6.45) is 0. The molecule has 0 heterocycles. The predicted octanol–water partition coefficient (Wildman–Crippen LogP) is 4.61. The first-order valence-electron chi connectivity index (χ1n) is 8.88. The van der Waals surface area contributed by atoms with Crippen LogP contribution in [0.15, 0.2) is 70.5 Å². The van der Waals surface area contributed by atoms with E-state index in [0.29, 0.717) is 11.5 Å². The maximum Gasteiger partial charge on any atom is 0.261 e. The van der Waals surface area contributed by atoms with Crippen LogP contribution >= 0.6 is 23.2 Å². The van der Waals surface area contributed by atoms with E-state index in [4.69, 9.17) is 32.7 Å². The van der Waals surface area contributed by atoms with Crippen LogP contribution < -0.4 is 18.9 Å². The van der Waals surface area contributed by atoms with Gasteiger partial charge in [0.2, 0.25) is 0 Å². The predicted molar refractivity (Wildman–Crippen MR) is 124 cm³/mol. The first-order valence-corrected chi connectivity index (χ1v) is 12.6. The van der Waals surface area contributed by atoms with Crippen LogP contribution in [0.25, 0.3) is 0 Å². The highest BCUT2D eigenvalue weighted by Gasteiger charge is 2.21. The van der Waals surface area contributed by atoms with Gasteiger partial charge >= 0.3 is 0 Å². The Labute approximate surface area is 196 Å². The van der Waals surface area contributed by atoms with Crippen LogP contribution in [0.3, 0.4) is 0 Å². The van der Waals surface area contributed by atoms with Gasteiger partial charge in [0.25, 0.3) is 20.0 Å². The van der Waals surface area contributed by atoms with Gasteiger partial charge < -0.3 is 9.47 Å². The Morgan fingerprint density at radius 1 is 0.625 bits per heavy atom. The van der Waals surface area contributed by atoms with Gasteiger partial charge in [-0.2, -0.15) is 0 Å². The number of halogens is 2. The molecule has 170 valence electrons. The Hall–Kier alpha value is -2.66. The summed E-state index contributed by atoms with van der Waals surface area (Å²) >= 11 is 12.1. The molecule has 0 aliphatic carbocycles. The molecule has 0 atom stereocenters. The smallest absolute Gasteiger partial charge is 0.261 e. The quantitative estimate of drug-likeness (QED) is 0.452. The number of nitrogens with one attached hydrogen (secondary N) is 2. The molecule has 0 spiro atoms. The van der Waals surface area contributed by atoms with Gasteiger partial charge in [0, 0.05) is 0 Å². The molecule has 0 radical (unpaired) electrons. The molecule has 3 aromatic carbocycles.